The molecule has 3 rings (SSSR count). The molecular formula is C19H17BrN2O2S. The van der Waals surface area contributed by atoms with Gasteiger partial charge in [0.05, 0.1) is 5.69 Å². The summed E-state index contributed by atoms with van der Waals surface area (Å²) in [4.78, 5) is 16.4. The molecule has 0 saturated carbocycles. The van der Waals surface area contributed by atoms with Crippen LogP contribution in [0, 0.1) is 0 Å². The summed E-state index contributed by atoms with van der Waals surface area (Å²) in [6, 6.07) is 17.5. The van der Waals surface area contributed by atoms with Gasteiger partial charge in [0, 0.05) is 28.4 Å². The first-order valence-corrected chi connectivity index (χ1v) is 9.53. The predicted octanol–water partition coefficient (Wildman–Crippen LogP) is 4.31. The first-order chi connectivity index (χ1) is 12.2. The highest BCUT2D eigenvalue weighted by atomic mass is 79.9. The lowest BCUT2D eigenvalue weighted by atomic mass is 10.2. The molecule has 0 saturated heterocycles. The molecule has 0 aliphatic heterocycles. The number of ether oxygens (including phenoxy) is 1. The fraction of sp³-hybridized carbons (Fsp3) is 0.158. The van der Waals surface area contributed by atoms with Crippen molar-refractivity contribution in [1.29, 1.82) is 0 Å². The van der Waals surface area contributed by atoms with Crippen molar-refractivity contribution in [3.05, 3.63) is 70.1 Å². The van der Waals surface area contributed by atoms with Gasteiger partial charge in [-0.2, -0.15) is 0 Å². The molecule has 1 N–H and O–H groups in total. The van der Waals surface area contributed by atoms with Crippen LogP contribution >= 0.6 is 27.3 Å². The summed E-state index contributed by atoms with van der Waals surface area (Å²) >= 11 is 4.98. The van der Waals surface area contributed by atoms with E-state index in [1.807, 2.05) is 60.0 Å². The molecule has 4 nitrogen and oxygen atoms in total. The van der Waals surface area contributed by atoms with E-state index in [1.165, 1.54) is 0 Å². The van der Waals surface area contributed by atoms with Crippen molar-refractivity contribution in [1.82, 2.24) is 10.3 Å². The van der Waals surface area contributed by atoms with Gasteiger partial charge in [0.1, 0.15) is 10.8 Å². The summed E-state index contributed by atoms with van der Waals surface area (Å²) in [5.74, 6) is 0.534. The molecule has 0 unspecified atom stereocenters. The van der Waals surface area contributed by atoms with E-state index in [2.05, 4.69) is 26.2 Å². The van der Waals surface area contributed by atoms with E-state index in [9.17, 15) is 4.79 Å². The highest BCUT2D eigenvalue weighted by molar-refractivity contribution is 9.10. The second-order valence-electron chi connectivity index (χ2n) is 5.35. The Morgan fingerprint density at radius 2 is 1.88 bits per heavy atom. The maximum absolute atomic E-state index is 11.8. The molecule has 128 valence electrons. The zero-order chi connectivity index (χ0) is 17.5. The van der Waals surface area contributed by atoms with E-state index < -0.39 is 0 Å². The molecule has 2 aromatic carbocycles. The number of hydrogen-bond donors (Lipinski definition) is 1. The number of benzene rings is 2. The normalized spacial score (nSPS) is 10.4. The Bertz CT molecular complexity index is 819. The Kier molecular flexibility index (Phi) is 6.19. The largest absolute Gasteiger partial charge is 0.484 e. The molecular weight excluding hydrogens is 400 g/mol. The number of carbonyl (C=O) groups excluding carboxylic acids is 1. The molecule has 0 bridgehead atoms. The minimum Gasteiger partial charge on any atom is -0.484 e. The van der Waals surface area contributed by atoms with Crippen LogP contribution in [0.4, 0.5) is 0 Å². The Balaban J connectivity index is 1.41. The van der Waals surface area contributed by atoms with Crippen LogP contribution in [0.3, 0.4) is 0 Å². The fourth-order valence-electron chi connectivity index (χ4n) is 2.20. The lowest BCUT2D eigenvalue weighted by Crippen LogP contribution is -2.30. The van der Waals surface area contributed by atoms with Crippen molar-refractivity contribution in [2.24, 2.45) is 0 Å². The van der Waals surface area contributed by atoms with Crippen LogP contribution in [0.15, 0.2) is 64.5 Å². The number of aromatic nitrogens is 1. The quantitative estimate of drug-likeness (QED) is 0.624. The molecule has 25 heavy (non-hydrogen) atoms. The molecule has 0 radical (unpaired) electrons. The SMILES string of the molecule is O=C(COc1ccc(Br)cc1)NCCc1csc(-c2ccccc2)n1. The lowest BCUT2D eigenvalue weighted by molar-refractivity contribution is -0.123. The van der Waals surface area contributed by atoms with Crippen LogP contribution in [0.25, 0.3) is 10.6 Å². The number of halogens is 1. The highest BCUT2D eigenvalue weighted by Gasteiger charge is 2.06. The second kappa shape index (κ2) is 8.78. The fourth-order valence-corrected chi connectivity index (χ4v) is 3.32. The number of nitrogens with one attached hydrogen (secondary N) is 1. The van der Waals surface area contributed by atoms with Gasteiger partial charge >= 0.3 is 0 Å². The number of thiazole rings is 1. The summed E-state index contributed by atoms with van der Waals surface area (Å²) in [5.41, 5.74) is 2.10. The molecule has 6 heteroatoms. The summed E-state index contributed by atoms with van der Waals surface area (Å²) in [6.45, 7) is 0.550. The minimum absolute atomic E-state index is 0.00790. The molecule has 0 atom stereocenters. The van der Waals surface area contributed by atoms with Crippen LogP contribution < -0.4 is 10.1 Å². The van der Waals surface area contributed by atoms with E-state index in [0.717, 1.165) is 20.7 Å². The van der Waals surface area contributed by atoms with E-state index in [4.69, 9.17) is 4.74 Å². The highest BCUT2D eigenvalue weighted by Crippen LogP contribution is 2.23. The van der Waals surface area contributed by atoms with Crippen LogP contribution in [0.2, 0.25) is 0 Å². The van der Waals surface area contributed by atoms with Crippen molar-refractivity contribution in [2.75, 3.05) is 13.2 Å². The van der Waals surface area contributed by atoms with Gasteiger partial charge in [-0.1, -0.05) is 46.3 Å². The van der Waals surface area contributed by atoms with E-state index in [0.29, 0.717) is 18.7 Å². The standard InChI is InChI=1S/C19H17BrN2O2S/c20-15-6-8-17(9-7-15)24-12-18(23)21-11-10-16-13-25-19(22-16)14-4-2-1-3-5-14/h1-9,13H,10-12H2,(H,21,23). The summed E-state index contributed by atoms with van der Waals surface area (Å²) in [5, 5.41) is 5.89. The lowest BCUT2D eigenvalue weighted by Gasteiger charge is -2.07. The smallest absolute Gasteiger partial charge is 0.257 e. The molecule has 1 amide bonds. The topological polar surface area (TPSA) is 51.2 Å². The van der Waals surface area contributed by atoms with E-state index >= 15 is 0 Å². The van der Waals surface area contributed by atoms with Crippen molar-refractivity contribution >= 4 is 33.2 Å². The number of rotatable bonds is 7. The minimum atomic E-state index is -0.138. The summed E-state index contributed by atoms with van der Waals surface area (Å²) in [7, 11) is 0. The summed E-state index contributed by atoms with van der Waals surface area (Å²) in [6.07, 6.45) is 0.702. The third-order valence-electron chi connectivity index (χ3n) is 3.46. The van der Waals surface area contributed by atoms with Crippen LogP contribution in [0.5, 0.6) is 5.75 Å². The number of nitrogens with zero attached hydrogens (tertiary/aromatic N) is 1. The van der Waals surface area contributed by atoms with Crippen molar-refractivity contribution in [3.63, 3.8) is 0 Å². The van der Waals surface area contributed by atoms with Crippen LogP contribution in [-0.4, -0.2) is 24.0 Å². The first-order valence-electron chi connectivity index (χ1n) is 7.85. The number of amides is 1. The third-order valence-corrected chi connectivity index (χ3v) is 4.93. The van der Waals surface area contributed by atoms with E-state index in [-0.39, 0.29) is 12.5 Å². The average molecular weight is 417 g/mol. The van der Waals surface area contributed by atoms with Gasteiger partial charge in [0.2, 0.25) is 0 Å². The van der Waals surface area contributed by atoms with Gasteiger partial charge in [-0.15, -0.1) is 11.3 Å². The second-order valence-corrected chi connectivity index (χ2v) is 7.13. The maximum atomic E-state index is 11.8. The number of hydrogen-bond acceptors (Lipinski definition) is 4. The van der Waals surface area contributed by atoms with Gasteiger partial charge < -0.3 is 10.1 Å². The summed E-state index contributed by atoms with van der Waals surface area (Å²) < 4.78 is 6.42. The Hall–Kier alpha value is -2.18. The van der Waals surface area contributed by atoms with E-state index in [1.54, 1.807) is 11.3 Å². The Morgan fingerprint density at radius 3 is 2.64 bits per heavy atom. The van der Waals surface area contributed by atoms with Gasteiger partial charge in [0.25, 0.3) is 5.91 Å². The molecule has 1 heterocycles. The average Bonchev–Trinajstić information content (AvgIpc) is 3.11. The molecule has 0 fully saturated rings. The Morgan fingerprint density at radius 1 is 1.12 bits per heavy atom. The van der Waals surface area contributed by atoms with Crippen molar-refractivity contribution < 1.29 is 9.53 Å². The zero-order valence-corrected chi connectivity index (χ0v) is 15.8. The molecule has 3 aromatic rings. The van der Waals surface area contributed by atoms with Crippen molar-refractivity contribution in [2.45, 2.75) is 6.42 Å². The van der Waals surface area contributed by atoms with Crippen LogP contribution in [0.1, 0.15) is 5.69 Å². The third kappa shape index (κ3) is 5.41. The first kappa shape index (κ1) is 17.6. The molecule has 0 aliphatic rings. The van der Waals surface area contributed by atoms with Gasteiger partial charge in [-0.25, -0.2) is 4.98 Å². The molecule has 1 aromatic heterocycles. The maximum Gasteiger partial charge on any atom is 0.257 e. The van der Waals surface area contributed by atoms with Crippen molar-refractivity contribution in [3.8, 4) is 16.3 Å². The van der Waals surface area contributed by atoms with Crippen LogP contribution in [-0.2, 0) is 11.2 Å². The van der Waals surface area contributed by atoms with Gasteiger partial charge in [-0.3, -0.25) is 4.79 Å². The molecule has 0 spiro atoms. The number of carbonyl (C=O) groups is 1. The van der Waals surface area contributed by atoms with Gasteiger partial charge in [-0.05, 0) is 24.3 Å². The van der Waals surface area contributed by atoms with Gasteiger partial charge in [0.15, 0.2) is 6.61 Å². The Labute approximate surface area is 159 Å². The zero-order valence-electron chi connectivity index (χ0n) is 13.4. The predicted molar refractivity (Wildman–Crippen MR) is 104 cm³/mol. The monoisotopic (exact) mass is 416 g/mol. The molecule has 0 aliphatic carbocycles.